The molecule has 19 heavy (non-hydrogen) atoms. The van der Waals surface area contributed by atoms with Crippen molar-refractivity contribution in [3.05, 3.63) is 28.2 Å². The van der Waals surface area contributed by atoms with Crippen molar-refractivity contribution in [2.75, 3.05) is 18.0 Å². The van der Waals surface area contributed by atoms with Crippen LogP contribution in [0.2, 0.25) is 0 Å². The summed E-state index contributed by atoms with van der Waals surface area (Å²) in [5.41, 5.74) is 2.34. The third-order valence-electron chi connectivity index (χ3n) is 3.23. The van der Waals surface area contributed by atoms with E-state index in [2.05, 4.69) is 82.7 Å². The summed E-state index contributed by atoms with van der Waals surface area (Å²) in [6.45, 7) is 10.5. The largest absolute Gasteiger partial charge is 0.366 e. The number of benzene rings is 1. The van der Waals surface area contributed by atoms with Crippen LogP contribution in [0.4, 0.5) is 5.69 Å². The third-order valence-corrected chi connectivity index (χ3v) is 4.33. The van der Waals surface area contributed by atoms with Gasteiger partial charge >= 0.3 is 0 Å². The van der Waals surface area contributed by atoms with Crippen LogP contribution < -0.4 is 4.90 Å². The van der Waals surface area contributed by atoms with E-state index in [0.29, 0.717) is 0 Å². The zero-order valence-corrected chi connectivity index (χ0v) is 15.1. The average molecular weight is 391 g/mol. The van der Waals surface area contributed by atoms with Crippen LogP contribution >= 0.6 is 31.9 Å². The van der Waals surface area contributed by atoms with Crippen LogP contribution in [0.3, 0.4) is 0 Å². The normalized spacial score (nSPS) is 21.5. The molecule has 1 fully saturated rings. The molecule has 0 spiro atoms. The minimum Gasteiger partial charge on any atom is -0.366 e. The summed E-state index contributed by atoms with van der Waals surface area (Å²) >= 11 is 7.16. The first-order chi connectivity index (χ1) is 8.72. The Bertz CT molecular complexity index is 455. The van der Waals surface area contributed by atoms with Gasteiger partial charge in [-0.15, -0.1) is 0 Å². The van der Waals surface area contributed by atoms with E-state index >= 15 is 0 Å². The maximum absolute atomic E-state index is 6.15. The Labute approximate surface area is 132 Å². The van der Waals surface area contributed by atoms with Crippen molar-refractivity contribution in [3.8, 4) is 0 Å². The Balaban J connectivity index is 2.38. The van der Waals surface area contributed by atoms with E-state index in [4.69, 9.17) is 4.74 Å². The molecular weight excluding hydrogens is 370 g/mol. The lowest BCUT2D eigenvalue weighted by molar-refractivity contribution is -0.133. The molecule has 1 heterocycles. The molecule has 0 bridgehead atoms. The highest BCUT2D eigenvalue weighted by atomic mass is 79.9. The predicted octanol–water partition coefficient (Wildman–Crippen LogP) is 4.74. The number of nitrogens with zero attached hydrogens (tertiary/aromatic N) is 1. The number of halogens is 2. The smallest absolute Gasteiger partial charge is 0.0808 e. The van der Waals surface area contributed by atoms with Gasteiger partial charge < -0.3 is 9.64 Å². The van der Waals surface area contributed by atoms with Crippen molar-refractivity contribution in [1.82, 2.24) is 0 Å². The summed E-state index contributed by atoms with van der Waals surface area (Å²) in [6.07, 6.45) is 0. The zero-order valence-electron chi connectivity index (χ0n) is 12.0. The molecule has 1 saturated heterocycles. The molecule has 4 heteroatoms. The first-order valence-corrected chi connectivity index (χ1v) is 8.43. The molecule has 2 rings (SSSR count). The monoisotopic (exact) mass is 389 g/mol. The van der Waals surface area contributed by atoms with Gasteiger partial charge in [0.15, 0.2) is 0 Å². The minimum absolute atomic E-state index is 0.131. The average Bonchev–Trinajstić information content (AvgIpc) is 2.24. The quantitative estimate of drug-likeness (QED) is 0.676. The Morgan fingerprint density at radius 3 is 2.26 bits per heavy atom. The number of hydrogen-bond acceptors (Lipinski definition) is 2. The van der Waals surface area contributed by atoms with Crippen molar-refractivity contribution in [2.24, 2.45) is 0 Å². The summed E-state index contributed by atoms with van der Waals surface area (Å²) in [5.74, 6) is 0. The molecule has 0 N–H and O–H groups in total. The third kappa shape index (κ3) is 3.73. The lowest BCUT2D eigenvalue weighted by atomic mass is 9.97. The van der Waals surface area contributed by atoms with Gasteiger partial charge in [-0.3, -0.25) is 0 Å². The minimum atomic E-state index is -0.131. The summed E-state index contributed by atoms with van der Waals surface area (Å²) in [7, 11) is 0. The van der Waals surface area contributed by atoms with E-state index in [1.165, 1.54) is 11.3 Å². The van der Waals surface area contributed by atoms with Crippen LogP contribution in [0.5, 0.6) is 0 Å². The Morgan fingerprint density at radius 2 is 1.74 bits per heavy atom. The van der Waals surface area contributed by atoms with E-state index in [9.17, 15) is 0 Å². The first-order valence-electron chi connectivity index (χ1n) is 6.52. The van der Waals surface area contributed by atoms with Crippen molar-refractivity contribution >= 4 is 37.5 Å². The number of hydrogen-bond donors (Lipinski definition) is 0. The highest BCUT2D eigenvalue weighted by Gasteiger charge is 2.38. The lowest BCUT2D eigenvalue weighted by Crippen LogP contribution is -2.57. The van der Waals surface area contributed by atoms with Gasteiger partial charge in [-0.2, -0.15) is 0 Å². The number of ether oxygens (including phenoxy) is 1. The molecule has 0 aliphatic carbocycles. The van der Waals surface area contributed by atoms with E-state index < -0.39 is 0 Å². The molecule has 1 aromatic rings. The van der Waals surface area contributed by atoms with Gasteiger partial charge in [0.05, 0.1) is 11.2 Å². The molecule has 106 valence electrons. The second-order valence-corrected chi connectivity index (χ2v) is 7.86. The molecule has 0 radical (unpaired) electrons. The fourth-order valence-electron chi connectivity index (χ4n) is 2.90. The van der Waals surface area contributed by atoms with Crippen LogP contribution in [0.15, 0.2) is 22.7 Å². The topological polar surface area (TPSA) is 12.5 Å². The van der Waals surface area contributed by atoms with E-state index in [0.717, 1.165) is 22.9 Å². The number of alkyl halides is 1. The first kappa shape index (κ1) is 15.3. The standard InChI is InChI=1S/C15H21Br2NO/c1-14(2)9-18(10-15(3,4)19-14)13-7-12(17)6-5-11(13)8-16/h5-7H,8-10H2,1-4H3. The van der Waals surface area contributed by atoms with Crippen molar-refractivity contribution in [3.63, 3.8) is 0 Å². The molecule has 2 nitrogen and oxygen atoms in total. The molecular formula is C15H21Br2NO. The van der Waals surface area contributed by atoms with Crippen LogP contribution in [-0.4, -0.2) is 24.3 Å². The van der Waals surface area contributed by atoms with E-state index in [-0.39, 0.29) is 11.2 Å². The maximum Gasteiger partial charge on any atom is 0.0808 e. The Kier molecular flexibility index (Phi) is 4.34. The molecule has 1 aliphatic heterocycles. The number of rotatable bonds is 2. The summed E-state index contributed by atoms with van der Waals surface area (Å²) in [6, 6.07) is 6.47. The molecule has 0 saturated carbocycles. The van der Waals surface area contributed by atoms with E-state index in [1.54, 1.807) is 0 Å². The van der Waals surface area contributed by atoms with Gasteiger partial charge in [0.2, 0.25) is 0 Å². The van der Waals surface area contributed by atoms with Gasteiger partial charge in [0.25, 0.3) is 0 Å². The van der Waals surface area contributed by atoms with Gasteiger partial charge in [0, 0.05) is 28.6 Å². The Hall–Kier alpha value is -0.0600. The van der Waals surface area contributed by atoms with Crippen molar-refractivity contribution < 1.29 is 4.74 Å². The van der Waals surface area contributed by atoms with Crippen molar-refractivity contribution in [1.29, 1.82) is 0 Å². The maximum atomic E-state index is 6.15. The number of morpholine rings is 1. The van der Waals surface area contributed by atoms with Gasteiger partial charge in [-0.1, -0.05) is 37.9 Å². The van der Waals surface area contributed by atoms with Crippen LogP contribution in [0.1, 0.15) is 33.3 Å². The Morgan fingerprint density at radius 1 is 1.16 bits per heavy atom. The van der Waals surface area contributed by atoms with Gasteiger partial charge in [-0.05, 0) is 45.4 Å². The van der Waals surface area contributed by atoms with Gasteiger partial charge in [0.1, 0.15) is 0 Å². The van der Waals surface area contributed by atoms with Crippen molar-refractivity contribution in [2.45, 2.75) is 44.2 Å². The molecule has 0 amide bonds. The zero-order chi connectivity index (χ0) is 14.3. The molecule has 0 aromatic heterocycles. The van der Waals surface area contributed by atoms with Gasteiger partial charge in [-0.25, -0.2) is 0 Å². The molecule has 1 aliphatic rings. The summed E-state index contributed by atoms with van der Waals surface area (Å²) in [5, 5.41) is 0.869. The fraction of sp³-hybridized carbons (Fsp3) is 0.600. The summed E-state index contributed by atoms with van der Waals surface area (Å²) < 4.78 is 7.27. The molecule has 1 aromatic carbocycles. The molecule has 0 atom stereocenters. The second-order valence-electron chi connectivity index (χ2n) is 6.38. The second kappa shape index (κ2) is 5.38. The molecule has 0 unspecified atom stereocenters. The fourth-order valence-corrected chi connectivity index (χ4v) is 3.73. The van der Waals surface area contributed by atoms with Crippen LogP contribution in [0, 0.1) is 0 Å². The number of anilines is 1. The SMILES string of the molecule is CC1(C)CN(c2cc(Br)ccc2CBr)CC(C)(C)O1. The highest BCUT2D eigenvalue weighted by molar-refractivity contribution is 9.10. The lowest BCUT2D eigenvalue weighted by Gasteiger charge is -2.48. The van der Waals surface area contributed by atoms with Crippen LogP contribution in [0.25, 0.3) is 0 Å². The van der Waals surface area contributed by atoms with E-state index in [1.807, 2.05) is 0 Å². The highest BCUT2D eigenvalue weighted by Crippen LogP contribution is 2.34. The predicted molar refractivity (Wildman–Crippen MR) is 88.2 cm³/mol. The van der Waals surface area contributed by atoms with Crippen LogP contribution in [-0.2, 0) is 10.1 Å². The summed E-state index contributed by atoms with van der Waals surface area (Å²) in [4.78, 5) is 2.44.